The molecule has 7 nitrogen and oxygen atoms in total. The third kappa shape index (κ3) is 8.17. The van der Waals surface area contributed by atoms with E-state index >= 15 is 0 Å². The first kappa shape index (κ1) is 27.4. The molecule has 0 heterocycles. The van der Waals surface area contributed by atoms with Crippen LogP contribution in [0.4, 0.5) is 5.69 Å². The average molecular weight is 488 g/mol. The Balaban J connectivity index is 2.15. The highest BCUT2D eigenvalue weighted by molar-refractivity contribution is 7.92. The van der Waals surface area contributed by atoms with Gasteiger partial charge in [0.15, 0.2) is 0 Å². The molecule has 0 aromatic heterocycles. The fraction of sp³-hybridized carbons (Fsp3) is 0.462. The third-order valence-electron chi connectivity index (χ3n) is 5.59. The van der Waals surface area contributed by atoms with E-state index in [-0.39, 0.29) is 24.8 Å². The fourth-order valence-corrected chi connectivity index (χ4v) is 4.73. The van der Waals surface area contributed by atoms with Gasteiger partial charge in [0, 0.05) is 26.1 Å². The molecule has 0 spiro atoms. The van der Waals surface area contributed by atoms with Gasteiger partial charge in [-0.3, -0.25) is 13.9 Å². The van der Waals surface area contributed by atoms with Crippen molar-refractivity contribution in [2.75, 3.05) is 23.7 Å². The molecular weight excluding hydrogens is 450 g/mol. The van der Waals surface area contributed by atoms with E-state index in [1.807, 2.05) is 63.2 Å². The van der Waals surface area contributed by atoms with Gasteiger partial charge in [0.25, 0.3) is 0 Å². The number of aryl methyl sites for hydroxylation is 2. The molecule has 34 heavy (non-hydrogen) atoms. The summed E-state index contributed by atoms with van der Waals surface area (Å²) in [6.07, 6.45) is 2.45. The Labute approximate surface area is 204 Å². The van der Waals surface area contributed by atoms with E-state index in [1.54, 1.807) is 17.9 Å². The lowest BCUT2D eigenvalue weighted by molar-refractivity contribution is -0.140. The molecule has 2 amide bonds. The number of sulfonamides is 1. The molecule has 0 fully saturated rings. The first-order chi connectivity index (χ1) is 16.0. The Hall–Kier alpha value is -2.87. The predicted molar refractivity (Wildman–Crippen MR) is 137 cm³/mol. The summed E-state index contributed by atoms with van der Waals surface area (Å²) in [5, 5.41) is 2.87. The van der Waals surface area contributed by atoms with E-state index in [2.05, 4.69) is 5.32 Å². The molecule has 186 valence electrons. The molecule has 1 N–H and O–H groups in total. The van der Waals surface area contributed by atoms with Crippen LogP contribution in [0, 0.1) is 13.8 Å². The van der Waals surface area contributed by atoms with Crippen LogP contribution in [0.5, 0.6) is 0 Å². The quantitative estimate of drug-likeness (QED) is 0.493. The number of carbonyl (C=O) groups is 2. The fourth-order valence-electron chi connectivity index (χ4n) is 3.77. The number of hydrogen-bond donors (Lipinski definition) is 1. The minimum Gasteiger partial charge on any atom is -0.354 e. The Morgan fingerprint density at radius 2 is 1.68 bits per heavy atom. The zero-order valence-electron chi connectivity index (χ0n) is 20.9. The van der Waals surface area contributed by atoms with Crippen LogP contribution in [-0.2, 0) is 26.2 Å². The summed E-state index contributed by atoms with van der Waals surface area (Å²) in [7, 11) is -3.50. The van der Waals surface area contributed by atoms with Crippen molar-refractivity contribution >= 4 is 27.5 Å². The average Bonchev–Trinajstić information content (AvgIpc) is 2.77. The van der Waals surface area contributed by atoms with E-state index in [1.165, 1.54) is 10.6 Å². The van der Waals surface area contributed by atoms with Crippen molar-refractivity contribution < 1.29 is 18.0 Å². The van der Waals surface area contributed by atoms with Crippen molar-refractivity contribution in [1.82, 2.24) is 10.2 Å². The number of amides is 2. The molecule has 0 saturated carbocycles. The molecule has 0 unspecified atom stereocenters. The molecule has 0 aliphatic heterocycles. The molecule has 1 atom stereocenters. The first-order valence-electron chi connectivity index (χ1n) is 11.7. The van der Waals surface area contributed by atoms with Crippen LogP contribution in [0.2, 0.25) is 0 Å². The van der Waals surface area contributed by atoms with E-state index in [4.69, 9.17) is 0 Å². The second-order valence-electron chi connectivity index (χ2n) is 8.76. The minimum absolute atomic E-state index is 0.134. The molecule has 0 aliphatic rings. The zero-order chi connectivity index (χ0) is 25.3. The topological polar surface area (TPSA) is 86.8 Å². The Kier molecular flexibility index (Phi) is 10.1. The summed E-state index contributed by atoms with van der Waals surface area (Å²) in [6.45, 7) is 8.64. The predicted octanol–water partition coefficient (Wildman–Crippen LogP) is 3.79. The lowest BCUT2D eigenvalue weighted by Crippen LogP contribution is -2.47. The van der Waals surface area contributed by atoms with Crippen molar-refractivity contribution in [3.63, 3.8) is 0 Å². The number of nitrogens with zero attached hydrogens (tertiary/aromatic N) is 2. The van der Waals surface area contributed by atoms with Crippen LogP contribution >= 0.6 is 0 Å². The summed E-state index contributed by atoms with van der Waals surface area (Å²) >= 11 is 0. The van der Waals surface area contributed by atoms with Gasteiger partial charge in [-0.15, -0.1) is 0 Å². The molecule has 8 heteroatoms. The molecule has 0 saturated heterocycles. The van der Waals surface area contributed by atoms with E-state index < -0.39 is 16.1 Å². The van der Waals surface area contributed by atoms with Gasteiger partial charge >= 0.3 is 0 Å². The lowest BCUT2D eigenvalue weighted by atomic mass is 10.1. The molecular formula is C26H37N3O4S. The highest BCUT2D eigenvalue weighted by Gasteiger charge is 2.26. The maximum atomic E-state index is 13.3. The maximum Gasteiger partial charge on any atom is 0.242 e. The van der Waals surface area contributed by atoms with E-state index in [0.29, 0.717) is 25.2 Å². The van der Waals surface area contributed by atoms with Gasteiger partial charge in [-0.05, 0) is 56.9 Å². The maximum absolute atomic E-state index is 13.3. The van der Waals surface area contributed by atoms with Gasteiger partial charge in [0.05, 0.1) is 11.9 Å². The summed E-state index contributed by atoms with van der Waals surface area (Å²) in [4.78, 5) is 27.5. The second kappa shape index (κ2) is 12.6. The summed E-state index contributed by atoms with van der Waals surface area (Å²) < 4.78 is 26.1. The van der Waals surface area contributed by atoms with E-state index in [9.17, 15) is 18.0 Å². The Morgan fingerprint density at radius 1 is 1.03 bits per heavy atom. The van der Waals surface area contributed by atoms with Crippen LogP contribution in [0.3, 0.4) is 0 Å². The Morgan fingerprint density at radius 3 is 2.26 bits per heavy atom. The molecule has 0 radical (unpaired) electrons. The van der Waals surface area contributed by atoms with Crippen LogP contribution in [0.25, 0.3) is 0 Å². The van der Waals surface area contributed by atoms with Crippen LogP contribution in [0.15, 0.2) is 48.5 Å². The largest absolute Gasteiger partial charge is 0.354 e. The van der Waals surface area contributed by atoms with Crippen molar-refractivity contribution in [2.45, 2.75) is 59.5 Å². The van der Waals surface area contributed by atoms with Crippen molar-refractivity contribution in [2.24, 2.45) is 0 Å². The minimum atomic E-state index is -3.50. The monoisotopic (exact) mass is 487 g/mol. The van der Waals surface area contributed by atoms with Gasteiger partial charge in [-0.25, -0.2) is 8.42 Å². The first-order valence-corrected chi connectivity index (χ1v) is 13.5. The summed E-state index contributed by atoms with van der Waals surface area (Å²) in [5.74, 6) is -0.376. The lowest BCUT2D eigenvalue weighted by Gasteiger charge is -2.29. The zero-order valence-corrected chi connectivity index (χ0v) is 21.7. The van der Waals surface area contributed by atoms with Gasteiger partial charge < -0.3 is 10.2 Å². The number of benzene rings is 2. The van der Waals surface area contributed by atoms with Crippen molar-refractivity contribution in [3.05, 3.63) is 65.2 Å². The number of nitrogens with one attached hydrogen (secondary N) is 1. The van der Waals surface area contributed by atoms with E-state index in [0.717, 1.165) is 23.1 Å². The van der Waals surface area contributed by atoms with Gasteiger partial charge in [0.1, 0.15) is 6.04 Å². The summed E-state index contributed by atoms with van der Waals surface area (Å²) in [6, 6.07) is 14.5. The molecule has 2 rings (SSSR count). The van der Waals surface area contributed by atoms with Gasteiger partial charge in [-0.1, -0.05) is 48.9 Å². The smallest absolute Gasteiger partial charge is 0.242 e. The second-order valence-corrected chi connectivity index (χ2v) is 10.7. The number of hydrogen-bond acceptors (Lipinski definition) is 4. The number of carbonyl (C=O) groups excluding carboxylic acids is 2. The number of anilines is 1. The SMILES string of the molecule is CCCNC(=O)[C@@H](C)N(Cc1cccc(C)c1)C(=O)CCCN(c1cccc(C)c1)S(C)(=O)=O. The van der Waals surface area contributed by atoms with Crippen molar-refractivity contribution in [1.29, 1.82) is 0 Å². The van der Waals surface area contributed by atoms with Gasteiger partial charge in [-0.2, -0.15) is 0 Å². The molecule has 0 bridgehead atoms. The third-order valence-corrected chi connectivity index (χ3v) is 6.79. The van der Waals surface area contributed by atoms with Crippen LogP contribution in [-0.4, -0.2) is 50.5 Å². The normalized spacial score (nSPS) is 12.1. The van der Waals surface area contributed by atoms with Gasteiger partial charge in [0.2, 0.25) is 21.8 Å². The highest BCUT2D eigenvalue weighted by atomic mass is 32.2. The highest BCUT2D eigenvalue weighted by Crippen LogP contribution is 2.20. The molecule has 2 aromatic carbocycles. The molecule has 0 aliphatic carbocycles. The molecule has 2 aromatic rings. The van der Waals surface area contributed by atoms with Crippen LogP contribution < -0.4 is 9.62 Å². The Bertz CT molecular complexity index is 1080. The van der Waals surface area contributed by atoms with Crippen LogP contribution in [0.1, 0.15) is 49.8 Å². The standard InChI is InChI=1S/C26H37N3O4S/c1-6-15-27-26(31)22(4)28(19-23-12-7-10-20(2)17-23)25(30)14-9-16-29(34(5,32)33)24-13-8-11-21(3)18-24/h7-8,10-13,17-18,22H,6,9,14-16,19H2,1-5H3,(H,27,31)/t22-/m1/s1. The number of rotatable bonds is 12. The van der Waals surface area contributed by atoms with Crippen molar-refractivity contribution in [3.8, 4) is 0 Å². The summed E-state index contributed by atoms with van der Waals surface area (Å²) in [5.41, 5.74) is 3.56.